The molecule has 2 heterocycles. The number of hydrogen-bond acceptors (Lipinski definition) is 4. The Labute approximate surface area is 110 Å². The van der Waals surface area contributed by atoms with Gasteiger partial charge < -0.3 is 9.84 Å². The second kappa shape index (κ2) is 5.08. The molecule has 0 bridgehead atoms. The highest BCUT2D eigenvalue weighted by atomic mass is 35.5. The Hall–Kier alpha value is -1.39. The Balaban J connectivity index is 1.71. The summed E-state index contributed by atoms with van der Waals surface area (Å²) in [5, 5.41) is 8.13. The van der Waals surface area contributed by atoms with Crippen LogP contribution < -0.4 is 5.32 Å². The van der Waals surface area contributed by atoms with Crippen LogP contribution >= 0.6 is 11.6 Å². The minimum Gasteiger partial charge on any atom is -0.339 e. The quantitative estimate of drug-likeness (QED) is 0.925. The smallest absolute Gasteiger partial charge is 0.231 e. The van der Waals surface area contributed by atoms with Crippen LogP contribution in [0.15, 0.2) is 28.8 Å². The van der Waals surface area contributed by atoms with Crippen molar-refractivity contribution < 1.29 is 4.52 Å². The van der Waals surface area contributed by atoms with Gasteiger partial charge in [-0.05, 0) is 37.1 Å². The first-order valence-electron chi connectivity index (χ1n) is 6.11. The minimum absolute atomic E-state index is 0.257. The molecule has 1 aliphatic rings. The number of rotatable bonds is 3. The Morgan fingerprint density at radius 3 is 2.89 bits per heavy atom. The molecule has 1 N–H and O–H groups in total. The molecule has 1 fully saturated rings. The molecule has 4 nitrogen and oxygen atoms in total. The van der Waals surface area contributed by atoms with Crippen LogP contribution in [0.5, 0.6) is 0 Å². The van der Waals surface area contributed by atoms with E-state index >= 15 is 0 Å². The molecule has 2 aromatic rings. The second-order valence-corrected chi connectivity index (χ2v) is 4.93. The van der Waals surface area contributed by atoms with E-state index < -0.39 is 0 Å². The fraction of sp³-hybridized carbons (Fsp3) is 0.385. The summed E-state index contributed by atoms with van der Waals surface area (Å²) in [6, 6.07) is 7.94. The standard InChI is InChI=1S/C13H14ClN3O/c14-10-5-3-9(4-6-10)8-12-16-13(17-18-12)11-2-1-7-15-11/h3-6,11,15H,1-2,7-8H2. The molecule has 0 radical (unpaired) electrons. The molecule has 94 valence electrons. The lowest BCUT2D eigenvalue weighted by molar-refractivity contribution is 0.373. The number of nitrogens with one attached hydrogen (secondary N) is 1. The van der Waals surface area contributed by atoms with Crippen molar-refractivity contribution in [2.45, 2.75) is 25.3 Å². The fourth-order valence-corrected chi connectivity index (χ4v) is 2.29. The molecule has 18 heavy (non-hydrogen) atoms. The molecular weight excluding hydrogens is 250 g/mol. The van der Waals surface area contributed by atoms with Crippen molar-refractivity contribution in [3.63, 3.8) is 0 Å². The summed E-state index contributed by atoms with van der Waals surface area (Å²) in [5.41, 5.74) is 1.12. The van der Waals surface area contributed by atoms with E-state index in [2.05, 4.69) is 15.5 Å². The average Bonchev–Trinajstić information content (AvgIpc) is 3.02. The van der Waals surface area contributed by atoms with Gasteiger partial charge in [0.15, 0.2) is 5.82 Å². The van der Waals surface area contributed by atoms with Crippen molar-refractivity contribution in [2.24, 2.45) is 0 Å². The van der Waals surface area contributed by atoms with Crippen LogP contribution in [0, 0.1) is 0 Å². The van der Waals surface area contributed by atoms with E-state index in [1.165, 1.54) is 6.42 Å². The molecule has 0 spiro atoms. The Kier molecular flexibility index (Phi) is 3.30. The number of benzene rings is 1. The highest BCUT2D eigenvalue weighted by Crippen LogP contribution is 2.21. The van der Waals surface area contributed by atoms with Gasteiger partial charge in [0.1, 0.15) is 0 Å². The van der Waals surface area contributed by atoms with Crippen LogP contribution in [0.25, 0.3) is 0 Å². The van der Waals surface area contributed by atoms with Gasteiger partial charge in [-0.1, -0.05) is 28.9 Å². The number of aromatic nitrogens is 2. The van der Waals surface area contributed by atoms with Crippen LogP contribution in [-0.4, -0.2) is 16.7 Å². The molecule has 0 saturated carbocycles. The summed E-state index contributed by atoms with van der Waals surface area (Å²) >= 11 is 5.85. The molecule has 0 aliphatic carbocycles. The topological polar surface area (TPSA) is 51.0 Å². The lowest BCUT2D eigenvalue weighted by Crippen LogP contribution is -2.14. The Bertz CT molecular complexity index is 517. The molecule has 1 aliphatic heterocycles. The Morgan fingerprint density at radius 1 is 1.33 bits per heavy atom. The zero-order chi connectivity index (χ0) is 12.4. The van der Waals surface area contributed by atoms with Gasteiger partial charge in [-0.2, -0.15) is 4.98 Å². The molecule has 5 heteroatoms. The number of hydrogen-bond donors (Lipinski definition) is 1. The van der Waals surface area contributed by atoms with Gasteiger partial charge in [-0.15, -0.1) is 0 Å². The van der Waals surface area contributed by atoms with Crippen molar-refractivity contribution in [3.05, 3.63) is 46.6 Å². The molecule has 3 rings (SSSR count). The Morgan fingerprint density at radius 2 is 2.17 bits per heavy atom. The monoisotopic (exact) mass is 263 g/mol. The van der Waals surface area contributed by atoms with Gasteiger partial charge >= 0.3 is 0 Å². The SMILES string of the molecule is Clc1ccc(Cc2nc(C3CCCN3)no2)cc1. The van der Waals surface area contributed by atoms with E-state index in [1.54, 1.807) is 0 Å². The molecule has 1 unspecified atom stereocenters. The van der Waals surface area contributed by atoms with Crippen molar-refractivity contribution in [1.29, 1.82) is 0 Å². The van der Waals surface area contributed by atoms with Crippen molar-refractivity contribution in [1.82, 2.24) is 15.5 Å². The first-order chi connectivity index (χ1) is 8.81. The highest BCUT2D eigenvalue weighted by molar-refractivity contribution is 6.30. The maximum atomic E-state index is 5.85. The normalized spacial score (nSPS) is 19.3. The second-order valence-electron chi connectivity index (χ2n) is 4.50. The number of nitrogens with zero attached hydrogens (tertiary/aromatic N) is 2. The van der Waals surface area contributed by atoms with Gasteiger partial charge in [0.05, 0.1) is 12.5 Å². The third-order valence-electron chi connectivity index (χ3n) is 3.12. The molecule has 0 amide bonds. The predicted molar refractivity (Wildman–Crippen MR) is 68.5 cm³/mol. The lowest BCUT2D eigenvalue weighted by Gasteiger charge is -2.01. The lowest BCUT2D eigenvalue weighted by atomic mass is 10.1. The van der Waals surface area contributed by atoms with E-state index in [1.807, 2.05) is 24.3 Å². The summed E-state index contributed by atoms with van der Waals surface area (Å²) in [5.74, 6) is 1.43. The van der Waals surface area contributed by atoms with Crippen LogP contribution in [0.4, 0.5) is 0 Å². The third kappa shape index (κ3) is 2.54. The maximum absolute atomic E-state index is 5.85. The molecule has 1 saturated heterocycles. The van der Waals surface area contributed by atoms with Crippen LogP contribution in [0.2, 0.25) is 5.02 Å². The largest absolute Gasteiger partial charge is 0.339 e. The summed E-state index contributed by atoms with van der Waals surface area (Å²) in [7, 11) is 0. The van der Waals surface area contributed by atoms with E-state index in [9.17, 15) is 0 Å². The first kappa shape index (κ1) is 11.7. The van der Waals surface area contributed by atoms with E-state index in [-0.39, 0.29) is 6.04 Å². The minimum atomic E-state index is 0.257. The summed E-state index contributed by atoms with van der Waals surface area (Å²) in [4.78, 5) is 4.44. The van der Waals surface area contributed by atoms with Crippen molar-refractivity contribution in [3.8, 4) is 0 Å². The molecule has 1 aromatic carbocycles. The van der Waals surface area contributed by atoms with Crippen LogP contribution in [0.3, 0.4) is 0 Å². The average molecular weight is 264 g/mol. The fourth-order valence-electron chi connectivity index (χ4n) is 2.16. The van der Waals surface area contributed by atoms with E-state index in [4.69, 9.17) is 16.1 Å². The van der Waals surface area contributed by atoms with E-state index in [0.717, 1.165) is 29.4 Å². The van der Waals surface area contributed by atoms with Gasteiger partial charge in [-0.3, -0.25) is 0 Å². The van der Waals surface area contributed by atoms with Crippen LogP contribution in [0.1, 0.15) is 36.2 Å². The number of halogens is 1. The summed E-state index contributed by atoms with van der Waals surface area (Å²) < 4.78 is 5.28. The summed E-state index contributed by atoms with van der Waals surface area (Å²) in [6.07, 6.45) is 2.91. The van der Waals surface area contributed by atoms with Gasteiger partial charge in [-0.25, -0.2) is 0 Å². The van der Waals surface area contributed by atoms with Gasteiger partial charge in [0, 0.05) is 5.02 Å². The maximum Gasteiger partial charge on any atom is 0.231 e. The molecule has 1 aromatic heterocycles. The van der Waals surface area contributed by atoms with Crippen molar-refractivity contribution >= 4 is 11.6 Å². The summed E-state index contributed by atoms with van der Waals surface area (Å²) in [6.45, 7) is 1.03. The zero-order valence-corrected chi connectivity index (χ0v) is 10.7. The van der Waals surface area contributed by atoms with E-state index in [0.29, 0.717) is 12.3 Å². The molecular formula is C13H14ClN3O. The van der Waals surface area contributed by atoms with Crippen molar-refractivity contribution in [2.75, 3.05) is 6.54 Å². The third-order valence-corrected chi connectivity index (χ3v) is 3.38. The van der Waals surface area contributed by atoms with Gasteiger partial charge in [0.2, 0.25) is 5.89 Å². The zero-order valence-electron chi connectivity index (χ0n) is 9.90. The van der Waals surface area contributed by atoms with Gasteiger partial charge in [0.25, 0.3) is 0 Å². The first-order valence-corrected chi connectivity index (χ1v) is 6.49. The predicted octanol–water partition coefficient (Wildman–Crippen LogP) is 2.74. The molecule has 1 atom stereocenters. The van der Waals surface area contributed by atoms with Crippen LogP contribution in [-0.2, 0) is 6.42 Å². The highest BCUT2D eigenvalue weighted by Gasteiger charge is 2.21.